The smallest absolute Gasteiger partial charge is 0.338 e. The van der Waals surface area contributed by atoms with Crippen LogP contribution in [0.25, 0.3) is 21.5 Å². The van der Waals surface area contributed by atoms with E-state index in [0.717, 1.165) is 5.56 Å². The van der Waals surface area contributed by atoms with Gasteiger partial charge in [0.25, 0.3) is 0 Å². The van der Waals surface area contributed by atoms with Gasteiger partial charge < -0.3 is 9.47 Å². The van der Waals surface area contributed by atoms with E-state index in [4.69, 9.17) is 9.47 Å². The fraction of sp³-hybridized carbons (Fsp3) is 0.250. The van der Waals surface area contributed by atoms with Crippen LogP contribution in [0.15, 0.2) is 54.6 Å². The van der Waals surface area contributed by atoms with Crippen molar-refractivity contribution in [1.82, 2.24) is 0 Å². The summed E-state index contributed by atoms with van der Waals surface area (Å²) in [4.78, 5) is 11.9. The molecule has 3 nitrogen and oxygen atoms in total. The van der Waals surface area contributed by atoms with Crippen LogP contribution in [0.5, 0.6) is 0 Å². The Labute approximate surface area is 134 Å². The molecule has 1 aliphatic heterocycles. The number of carbonyl (C=O) groups is 1. The molecule has 3 heteroatoms. The highest BCUT2D eigenvalue weighted by Gasteiger charge is 2.41. The van der Waals surface area contributed by atoms with Crippen LogP contribution in [-0.4, -0.2) is 18.2 Å². The van der Waals surface area contributed by atoms with Crippen LogP contribution in [0.1, 0.15) is 18.9 Å². The summed E-state index contributed by atoms with van der Waals surface area (Å²) in [5.74, 6) is -0.262. The lowest BCUT2D eigenvalue weighted by Gasteiger charge is -2.21. The number of fused-ring (bicyclic) bond motifs is 2. The van der Waals surface area contributed by atoms with Gasteiger partial charge in [-0.1, -0.05) is 48.5 Å². The first-order chi connectivity index (χ1) is 11.2. The van der Waals surface area contributed by atoms with Crippen LogP contribution in [-0.2, 0) is 20.9 Å². The maximum atomic E-state index is 11.9. The van der Waals surface area contributed by atoms with Crippen molar-refractivity contribution in [2.24, 2.45) is 0 Å². The van der Waals surface area contributed by atoms with Crippen molar-refractivity contribution in [3.63, 3.8) is 0 Å². The molecule has 1 fully saturated rings. The van der Waals surface area contributed by atoms with Crippen molar-refractivity contribution < 1.29 is 14.3 Å². The molecular formula is C20H18O3. The highest BCUT2D eigenvalue weighted by molar-refractivity contribution is 6.02. The van der Waals surface area contributed by atoms with Gasteiger partial charge in [0, 0.05) is 6.42 Å². The molecule has 3 aromatic carbocycles. The second kappa shape index (κ2) is 5.36. The molecule has 0 spiro atoms. The molecule has 0 N–H and O–H groups in total. The van der Waals surface area contributed by atoms with Crippen LogP contribution in [0.2, 0.25) is 0 Å². The van der Waals surface area contributed by atoms with Crippen molar-refractivity contribution in [3.8, 4) is 0 Å². The molecule has 0 amide bonds. The average molecular weight is 306 g/mol. The van der Waals surface area contributed by atoms with Crippen molar-refractivity contribution >= 4 is 27.5 Å². The Kier molecular flexibility index (Phi) is 3.31. The number of esters is 1. The van der Waals surface area contributed by atoms with Gasteiger partial charge in [0.15, 0.2) is 5.60 Å². The highest BCUT2D eigenvalue weighted by atomic mass is 16.6. The average Bonchev–Trinajstić information content (AvgIpc) is 2.91. The summed E-state index contributed by atoms with van der Waals surface area (Å²) in [5, 5.41) is 4.70. The van der Waals surface area contributed by atoms with Gasteiger partial charge >= 0.3 is 5.97 Å². The third kappa shape index (κ3) is 2.37. The summed E-state index contributed by atoms with van der Waals surface area (Å²) in [6.07, 6.45) is 0.606. The van der Waals surface area contributed by atoms with E-state index >= 15 is 0 Å². The molecule has 0 saturated carbocycles. The number of carbonyl (C=O) groups excluding carboxylic acids is 1. The first kappa shape index (κ1) is 14.2. The van der Waals surface area contributed by atoms with Crippen LogP contribution in [0, 0.1) is 0 Å². The topological polar surface area (TPSA) is 35.5 Å². The van der Waals surface area contributed by atoms with Crippen molar-refractivity contribution in [2.45, 2.75) is 25.6 Å². The molecule has 1 heterocycles. The molecule has 1 saturated heterocycles. The Morgan fingerprint density at radius 3 is 2.22 bits per heavy atom. The Balaban J connectivity index is 1.81. The second-order valence-electron chi connectivity index (χ2n) is 6.20. The molecule has 0 bridgehead atoms. The van der Waals surface area contributed by atoms with Crippen LogP contribution in [0.3, 0.4) is 0 Å². The van der Waals surface area contributed by atoms with Gasteiger partial charge in [-0.2, -0.15) is 0 Å². The zero-order valence-corrected chi connectivity index (χ0v) is 13.0. The van der Waals surface area contributed by atoms with Gasteiger partial charge in [-0.05, 0) is 40.1 Å². The second-order valence-corrected chi connectivity index (χ2v) is 6.20. The maximum Gasteiger partial charge on any atom is 0.338 e. The monoisotopic (exact) mass is 306 g/mol. The molecule has 4 rings (SSSR count). The minimum atomic E-state index is -0.835. The van der Waals surface area contributed by atoms with E-state index in [1.807, 2.05) is 31.2 Å². The van der Waals surface area contributed by atoms with E-state index in [1.54, 1.807) is 0 Å². The number of ether oxygens (including phenoxy) is 2. The minimum absolute atomic E-state index is 0.262. The van der Waals surface area contributed by atoms with Crippen LogP contribution >= 0.6 is 0 Å². The summed E-state index contributed by atoms with van der Waals surface area (Å²) in [7, 11) is 0. The van der Waals surface area contributed by atoms with Gasteiger partial charge in [0.2, 0.25) is 0 Å². The van der Waals surface area contributed by atoms with E-state index in [2.05, 4.69) is 30.3 Å². The van der Waals surface area contributed by atoms with Crippen molar-refractivity contribution in [2.75, 3.05) is 6.61 Å². The number of hydrogen-bond acceptors (Lipinski definition) is 3. The van der Waals surface area contributed by atoms with Crippen LogP contribution in [0.4, 0.5) is 0 Å². The third-order valence-electron chi connectivity index (χ3n) is 4.66. The molecule has 0 aromatic heterocycles. The molecule has 1 unspecified atom stereocenters. The molecule has 1 aliphatic rings. The maximum absolute atomic E-state index is 11.9. The molecule has 3 aromatic rings. The third-order valence-corrected chi connectivity index (χ3v) is 4.66. The lowest BCUT2D eigenvalue weighted by Crippen LogP contribution is -2.33. The molecule has 0 aliphatic carbocycles. The van der Waals surface area contributed by atoms with Gasteiger partial charge in [-0.3, -0.25) is 0 Å². The largest absolute Gasteiger partial charge is 0.463 e. The number of cyclic esters (lactones) is 1. The molecule has 116 valence electrons. The van der Waals surface area contributed by atoms with E-state index in [-0.39, 0.29) is 5.97 Å². The summed E-state index contributed by atoms with van der Waals surface area (Å²) < 4.78 is 11.1. The highest BCUT2D eigenvalue weighted by Crippen LogP contribution is 2.32. The van der Waals surface area contributed by atoms with E-state index in [0.29, 0.717) is 19.6 Å². The van der Waals surface area contributed by atoms with Gasteiger partial charge in [0.05, 0.1) is 13.2 Å². The number of hydrogen-bond donors (Lipinski definition) is 0. The van der Waals surface area contributed by atoms with Gasteiger partial charge in [0.1, 0.15) is 0 Å². The standard InChI is InChI=1S/C20H18O3/c1-20(10-11-22-19(20)21)23-13-18-16-8-4-2-6-14(16)12-15-7-3-5-9-17(15)18/h2-9,12H,10-11,13H2,1H3. The summed E-state index contributed by atoms with van der Waals surface area (Å²) in [6.45, 7) is 2.65. The SMILES string of the molecule is CC1(OCc2c3ccccc3cc3ccccc23)CCOC1=O. The summed E-state index contributed by atoms with van der Waals surface area (Å²) >= 11 is 0. The lowest BCUT2D eigenvalue weighted by atomic mass is 9.97. The molecule has 1 atom stereocenters. The fourth-order valence-electron chi connectivity index (χ4n) is 3.22. The number of benzene rings is 3. The lowest BCUT2D eigenvalue weighted by molar-refractivity contribution is -0.158. The van der Waals surface area contributed by atoms with E-state index in [1.165, 1.54) is 21.5 Å². The summed E-state index contributed by atoms with van der Waals surface area (Å²) in [6, 6.07) is 18.8. The van der Waals surface area contributed by atoms with Gasteiger partial charge in [-0.15, -0.1) is 0 Å². The predicted molar refractivity (Wildman–Crippen MR) is 90.2 cm³/mol. The van der Waals surface area contributed by atoms with Gasteiger partial charge in [-0.25, -0.2) is 4.79 Å². The molecular weight excluding hydrogens is 288 g/mol. The quantitative estimate of drug-likeness (QED) is 0.537. The van der Waals surface area contributed by atoms with E-state index < -0.39 is 5.60 Å². The van der Waals surface area contributed by atoms with E-state index in [9.17, 15) is 4.79 Å². The Hall–Kier alpha value is -2.39. The Morgan fingerprint density at radius 1 is 1.04 bits per heavy atom. The molecule has 23 heavy (non-hydrogen) atoms. The first-order valence-corrected chi connectivity index (χ1v) is 7.88. The number of rotatable bonds is 3. The Bertz CT molecular complexity index is 846. The normalized spacial score (nSPS) is 21.0. The van der Waals surface area contributed by atoms with Crippen molar-refractivity contribution in [1.29, 1.82) is 0 Å². The first-order valence-electron chi connectivity index (χ1n) is 7.88. The molecule has 0 radical (unpaired) electrons. The Morgan fingerprint density at radius 2 is 1.65 bits per heavy atom. The predicted octanol–water partition coefficient (Wildman–Crippen LogP) is 4.22. The minimum Gasteiger partial charge on any atom is -0.463 e. The zero-order chi connectivity index (χ0) is 15.9. The van der Waals surface area contributed by atoms with Crippen molar-refractivity contribution in [3.05, 3.63) is 60.2 Å². The zero-order valence-electron chi connectivity index (χ0n) is 13.0. The fourth-order valence-corrected chi connectivity index (χ4v) is 3.22. The van der Waals surface area contributed by atoms with Crippen LogP contribution < -0.4 is 0 Å². The summed E-state index contributed by atoms with van der Waals surface area (Å²) in [5.41, 5.74) is 0.289.